The van der Waals surface area contributed by atoms with Gasteiger partial charge in [0.1, 0.15) is 6.10 Å². The number of ether oxygens (including phenoxy) is 3. The summed E-state index contributed by atoms with van der Waals surface area (Å²) in [4.78, 5) is 5.15. The highest BCUT2D eigenvalue weighted by Gasteiger charge is 2.85. The van der Waals surface area contributed by atoms with Crippen molar-refractivity contribution >= 4 is 0 Å². The Kier molecular flexibility index (Phi) is 8.01. The minimum Gasteiger partial charge on any atom is -0.388 e. The van der Waals surface area contributed by atoms with E-state index in [0.717, 1.165) is 58.5 Å². The summed E-state index contributed by atoms with van der Waals surface area (Å²) in [6, 6.07) is 1.23. The predicted octanol–water partition coefficient (Wildman–Crippen LogP) is 3.76. The summed E-state index contributed by atoms with van der Waals surface area (Å²) in [5, 5.41) is 34.0. The minimum atomic E-state index is -1.27. The average molecular weight is 674 g/mol. The van der Waals surface area contributed by atoms with Crippen LogP contribution >= 0.6 is 0 Å². The highest BCUT2D eigenvalue weighted by molar-refractivity contribution is 5.35. The summed E-state index contributed by atoms with van der Waals surface area (Å²) in [5.74, 6) is 1.19. The molecule has 9 nitrogen and oxygen atoms in total. The van der Waals surface area contributed by atoms with Crippen molar-refractivity contribution in [3.05, 3.63) is 0 Å². The van der Waals surface area contributed by atoms with Crippen LogP contribution in [0, 0.1) is 45.3 Å². The Hall–Kier alpha value is -0.360. The van der Waals surface area contributed by atoms with Gasteiger partial charge < -0.3 is 35.3 Å². The number of aliphatic hydroxyl groups excluding tert-OH is 2. The zero-order valence-corrected chi connectivity index (χ0v) is 31.2. The number of nitrogens with two attached hydrogens (primary N) is 1. The highest BCUT2D eigenvalue weighted by Crippen LogP contribution is 2.87. The third-order valence-electron chi connectivity index (χ3n) is 16.8. The largest absolute Gasteiger partial charge is 0.388 e. The van der Waals surface area contributed by atoms with Crippen molar-refractivity contribution in [1.82, 2.24) is 9.80 Å². The Balaban J connectivity index is 0.991. The van der Waals surface area contributed by atoms with Gasteiger partial charge in [0, 0.05) is 38.3 Å². The summed E-state index contributed by atoms with van der Waals surface area (Å²) in [7, 11) is 0. The molecule has 9 heteroatoms. The van der Waals surface area contributed by atoms with Crippen molar-refractivity contribution in [3.8, 4) is 0 Å². The van der Waals surface area contributed by atoms with E-state index in [-0.39, 0.29) is 51.8 Å². The summed E-state index contributed by atoms with van der Waals surface area (Å²) in [6.45, 7) is 22.3. The van der Waals surface area contributed by atoms with Crippen LogP contribution in [0.4, 0.5) is 0 Å². The fraction of sp³-hybridized carbons (Fsp3) is 1.00. The van der Waals surface area contributed by atoms with E-state index >= 15 is 0 Å². The van der Waals surface area contributed by atoms with Crippen LogP contribution in [0.25, 0.3) is 0 Å². The molecule has 2 spiro atoms. The lowest BCUT2D eigenvalue weighted by molar-refractivity contribution is -0.251. The molecule has 8 aliphatic rings. The summed E-state index contributed by atoms with van der Waals surface area (Å²) >= 11 is 0. The van der Waals surface area contributed by atoms with Crippen molar-refractivity contribution < 1.29 is 29.5 Å². The van der Waals surface area contributed by atoms with E-state index in [1.165, 1.54) is 19.3 Å². The molecule has 0 radical (unpaired) electrons. The lowest BCUT2D eigenvalue weighted by Crippen LogP contribution is -2.70. The fourth-order valence-corrected chi connectivity index (χ4v) is 14.2. The van der Waals surface area contributed by atoms with Crippen LogP contribution in [0.5, 0.6) is 0 Å². The molecule has 0 bridgehead atoms. The molecule has 0 aromatic heterocycles. The lowest BCUT2D eigenvalue weighted by atomic mass is 9.43. The molecule has 3 saturated heterocycles. The average Bonchev–Trinajstić information content (AvgIpc) is 3.61. The fourth-order valence-electron chi connectivity index (χ4n) is 14.2. The quantitative estimate of drug-likeness (QED) is 0.334. The van der Waals surface area contributed by atoms with Gasteiger partial charge in [-0.05, 0) is 124 Å². The summed E-state index contributed by atoms with van der Waals surface area (Å²) in [5.41, 5.74) is 5.98. The Labute approximate surface area is 289 Å². The molecular weight excluding hydrogens is 606 g/mol. The van der Waals surface area contributed by atoms with E-state index in [1.807, 2.05) is 0 Å². The predicted molar refractivity (Wildman–Crippen MR) is 184 cm³/mol. The van der Waals surface area contributed by atoms with Gasteiger partial charge in [-0.3, -0.25) is 9.80 Å². The molecular formula is C39H67N3O6. The molecule has 3 heterocycles. The van der Waals surface area contributed by atoms with Gasteiger partial charge in [-0.25, -0.2) is 0 Å². The maximum atomic E-state index is 12.3. The molecule has 0 aromatic carbocycles. The first-order chi connectivity index (χ1) is 22.4. The zero-order chi connectivity index (χ0) is 34.4. The maximum Gasteiger partial charge on any atom is 0.170 e. The van der Waals surface area contributed by atoms with Crippen molar-refractivity contribution in [3.63, 3.8) is 0 Å². The van der Waals surface area contributed by atoms with E-state index in [2.05, 4.69) is 51.3 Å². The van der Waals surface area contributed by atoms with Crippen LogP contribution in [0.15, 0.2) is 0 Å². The Morgan fingerprint density at radius 2 is 1.67 bits per heavy atom. The molecule has 0 amide bonds. The van der Waals surface area contributed by atoms with Gasteiger partial charge in [0.05, 0.1) is 42.2 Å². The van der Waals surface area contributed by atoms with Crippen molar-refractivity contribution in [2.75, 3.05) is 32.8 Å². The first kappa shape index (κ1) is 34.7. The second-order valence-electron chi connectivity index (χ2n) is 19.9. The molecule has 3 aliphatic heterocycles. The first-order valence-corrected chi connectivity index (χ1v) is 19.7. The molecule has 0 aromatic rings. The number of aliphatic hydroxyl groups is 3. The highest BCUT2D eigenvalue weighted by atomic mass is 16.7. The van der Waals surface area contributed by atoms with Crippen molar-refractivity contribution in [1.29, 1.82) is 0 Å². The third-order valence-corrected chi connectivity index (χ3v) is 16.8. The Morgan fingerprint density at radius 1 is 0.979 bits per heavy atom. The summed E-state index contributed by atoms with van der Waals surface area (Å²) < 4.78 is 19.9. The number of rotatable bonds is 6. The Morgan fingerprint density at radius 3 is 2.35 bits per heavy atom. The second kappa shape index (κ2) is 11.1. The maximum absolute atomic E-state index is 12.3. The lowest BCUT2D eigenvalue weighted by Gasteiger charge is -2.63. The van der Waals surface area contributed by atoms with Gasteiger partial charge in [0.25, 0.3) is 0 Å². The van der Waals surface area contributed by atoms with Gasteiger partial charge >= 0.3 is 0 Å². The van der Waals surface area contributed by atoms with Gasteiger partial charge in [-0.1, -0.05) is 27.7 Å². The van der Waals surface area contributed by atoms with Crippen LogP contribution < -0.4 is 5.73 Å². The molecule has 8 rings (SSSR count). The number of nitrogens with zero attached hydrogens (tertiary/aromatic N) is 2. The Bertz CT molecular complexity index is 1250. The van der Waals surface area contributed by atoms with Crippen molar-refractivity contribution in [2.45, 2.75) is 167 Å². The topological polar surface area (TPSA) is 121 Å². The van der Waals surface area contributed by atoms with E-state index in [0.29, 0.717) is 24.4 Å². The molecule has 5 aliphatic carbocycles. The van der Waals surface area contributed by atoms with Gasteiger partial charge in [0.15, 0.2) is 6.29 Å². The van der Waals surface area contributed by atoms with Crippen molar-refractivity contribution in [2.24, 2.45) is 51.1 Å². The molecule has 14 atom stereocenters. The number of morpholine rings is 1. The van der Waals surface area contributed by atoms with Crippen LogP contribution in [0.3, 0.4) is 0 Å². The van der Waals surface area contributed by atoms with E-state index in [9.17, 15) is 15.3 Å². The molecule has 48 heavy (non-hydrogen) atoms. The minimum absolute atomic E-state index is 0.0339. The van der Waals surface area contributed by atoms with Crippen LogP contribution in [-0.2, 0) is 14.2 Å². The van der Waals surface area contributed by atoms with Crippen LogP contribution in [-0.4, -0.2) is 118 Å². The first-order valence-electron chi connectivity index (χ1n) is 19.7. The SMILES string of the molecule is CC(C)N1CC(N2CCO[C@@H](OC3CCC45CC46CCC4(C)[C@@H]7C(O[C@H](C(O)C(C)(C)O)C[C@H]7C)[C@H](O)[C@@]4(N)C6CC[C@H]5C3(C)C)C2)C1. The summed E-state index contributed by atoms with van der Waals surface area (Å²) in [6.07, 6.45) is 5.76. The number of fused-ring (bicyclic) bond motifs is 4. The number of likely N-dealkylation sites (tertiary alicyclic amines) is 1. The van der Waals surface area contributed by atoms with Crippen LogP contribution in [0.1, 0.15) is 107 Å². The van der Waals surface area contributed by atoms with Gasteiger partial charge in [-0.15, -0.1) is 0 Å². The monoisotopic (exact) mass is 674 g/mol. The number of hydrogen-bond donors (Lipinski definition) is 4. The van der Waals surface area contributed by atoms with Gasteiger partial charge in [-0.2, -0.15) is 0 Å². The number of hydrogen-bond acceptors (Lipinski definition) is 9. The molecule has 5 saturated carbocycles. The zero-order valence-electron chi connectivity index (χ0n) is 31.2. The molecule has 7 unspecified atom stereocenters. The van der Waals surface area contributed by atoms with E-state index < -0.39 is 35.6 Å². The molecule has 274 valence electrons. The van der Waals surface area contributed by atoms with E-state index in [1.54, 1.807) is 13.8 Å². The third kappa shape index (κ3) is 4.53. The normalized spacial score (nSPS) is 52.8. The van der Waals surface area contributed by atoms with Gasteiger partial charge in [0.2, 0.25) is 0 Å². The smallest absolute Gasteiger partial charge is 0.170 e. The van der Waals surface area contributed by atoms with E-state index in [4.69, 9.17) is 19.9 Å². The molecule has 8 fully saturated rings. The molecule has 5 N–H and O–H groups in total. The second-order valence-corrected chi connectivity index (χ2v) is 19.9. The van der Waals surface area contributed by atoms with Crippen LogP contribution in [0.2, 0.25) is 0 Å². The standard InChI is InChI=1S/C39H67N3O6/c1-22(2)42-18-24(19-42)41-15-16-46-29(20-41)48-28-11-12-37-21-38(37)14-13-36(8)30-23(3)17-25(32(43)35(6,7)45)47-31(30)33(44)39(36,40)27(38)10-9-26(37)34(28,4)5/h22-33,43-45H,9-21,40H2,1-8H3/t23-,25+,26+,27?,28?,29+,30+,31?,32?,33+,36?,37?,38?,39+/m1/s1.